The third-order valence-corrected chi connectivity index (χ3v) is 2.92. The molecule has 1 aromatic rings. The minimum absolute atomic E-state index is 0.169. The molecule has 0 amide bonds. The maximum atomic E-state index is 10.9. The summed E-state index contributed by atoms with van der Waals surface area (Å²) in [6, 6.07) is 5.42. The lowest BCUT2D eigenvalue weighted by atomic mass is 10.1. The Morgan fingerprint density at radius 2 is 2.06 bits per heavy atom. The predicted molar refractivity (Wildman–Crippen MR) is 66.0 cm³/mol. The molecule has 0 aromatic heterocycles. The lowest BCUT2D eigenvalue weighted by Gasteiger charge is -2.04. The lowest BCUT2D eigenvalue weighted by molar-refractivity contribution is -0.140. The normalized spacial score (nSPS) is 10.2. The lowest BCUT2D eigenvalue weighted by Crippen LogP contribution is -1.99. The summed E-state index contributed by atoms with van der Waals surface area (Å²) in [5.41, 5.74) is 1.03. The maximum Gasteiger partial charge on any atom is 0.305 e. The quantitative estimate of drug-likeness (QED) is 0.594. The number of aryl methyl sites for hydroxylation is 1. The second-order valence-corrected chi connectivity index (χ2v) is 4.36. The summed E-state index contributed by atoms with van der Waals surface area (Å²) in [6.45, 7) is 0. The number of hydrogen-bond acceptors (Lipinski definition) is 2. The molecule has 0 spiro atoms. The van der Waals surface area contributed by atoms with Gasteiger partial charge in [-0.2, -0.15) is 0 Å². The fourth-order valence-electron chi connectivity index (χ4n) is 1.42. The van der Waals surface area contributed by atoms with Crippen molar-refractivity contribution in [2.45, 2.75) is 25.7 Å². The van der Waals surface area contributed by atoms with Gasteiger partial charge in [0, 0.05) is 16.5 Å². The van der Waals surface area contributed by atoms with Crippen molar-refractivity contribution in [2.24, 2.45) is 0 Å². The van der Waals surface area contributed by atoms with E-state index < -0.39 is 0 Å². The van der Waals surface area contributed by atoms with Crippen LogP contribution in [-0.2, 0) is 16.0 Å². The topological polar surface area (TPSA) is 26.3 Å². The predicted octanol–water partition coefficient (Wildman–Crippen LogP) is 3.88. The second-order valence-electron chi connectivity index (χ2n) is 3.52. The Morgan fingerprint density at radius 3 is 2.75 bits per heavy atom. The Balaban J connectivity index is 2.37. The zero-order chi connectivity index (χ0) is 12.0. The molecule has 0 saturated carbocycles. The first-order chi connectivity index (χ1) is 7.63. The highest BCUT2D eigenvalue weighted by atomic mass is 35.5. The zero-order valence-electron chi connectivity index (χ0n) is 9.13. The summed E-state index contributed by atoms with van der Waals surface area (Å²) < 4.78 is 4.56. The third kappa shape index (κ3) is 4.42. The molecule has 0 atom stereocenters. The Labute approximate surface area is 106 Å². The van der Waals surface area contributed by atoms with Gasteiger partial charge < -0.3 is 4.74 Å². The number of halogens is 2. The van der Waals surface area contributed by atoms with Crippen molar-refractivity contribution in [1.82, 2.24) is 0 Å². The number of esters is 1. The molecule has 88 valence electrons. The number of ether oxygens (including phenoxy) is 1. The van der Waals surface area contributed by atoms with Gasteiger partial charge in [-0.05, 0) is 43.0 Å². The maximum absolute atomic E-state index is 10.9. The van der Waals surface area contributed by atoms with Crippen molar-refractivity contribution < 1.29 is 9.53 Å². The van der Waals surface area contributed by atoms with Gasteiger partial charge in [0.05, 0.1) is 7.11 Å². The van der Waals surface area contributed by atoms with Crippen molar-refractivity contribution in [2.75, 3.05) is 7.11 Å². The standard InChI is InChI=1S/C12H14Cl2O2/c1-16-12(15)5-3-2-4-9-8-10(13)6-7-11(9)14/h6-8H,2-5H2,1H3. The summed E-state index contributed by atoms with van der Waals surface area (Å²) in [6.07, 6.45) is 2.98. The first kappa shape index (κ1) is 13.3. The van der Waals surface area contributed by atoms with E-state index in [2.05, 4.69) is 4.74 Å². The minimum atomic E-state index is -0.169. The molecule has 1 rings (SSSR count). The molecule has 0 aliphatic heterocycles. The molecule has 0 radical (unpaired) electrons. The van der Waals surface area contributed by atoms with Crippen LogP contribution in [0.25, 0.3) is 0 Å². The number of benzene rings is 1. The van der Waals surface area contributed by atoms with Crippen LogP contribution in [0.4, 0.5) is 0 Å². The number of hydrogen-bond donors (Lipinski definition) is 0. The van der Waals surface area contributed by atoms with Gasteiger partial charge in [-0.15, -0.1) is 0 Å². The molecule has 2 nitrogen and oxygen atoms in total. The van der Waals surface area contributed by atoms with Gasteiger partial charge in [0.2, 0.25) is 0 Å². The van der Waals surface area contributed by atoms with Crippen LogP contribution in [0, 0.1) is 0 Å². The van der Waals surface area contributed by atoms with Crippen LogP contribution < -0.4 is 0 Å². The first-order valence-corrected chi connectivity index (χ1v) is 5.90. The highest BCUT2D eigenvalue weighted by Gasteiger charge is 2.03. The summed E-state index contributed by atoms with van der Waals surface area (Å²) in [5, 5.41) is 1.41. The highest BCUT2D eigenvalue weighted by Crippen LogP contribution is 2.22. The van der Waals surface area contributed by atoms with Crippen molar-refractivity contribution >= 4 is 29.2 Å². The van der Waals surface area contributed by atoms with E-state index in [1.807, 2.05) is 6.07 Å². The molecule has 0 N–H and O–H groups in total. The van der Waals surface area contributed by atoms with Crippen LogP contribution in [0.5, 0.6) is 0 Å². The molecule has 16 heavy (non-hydrogen) atoms. The van der Waals surface area contributed by atoms with Crippen molar-refractivity contribution in [1.29, 1.82) is 0 Å². The van der Waals surface area contributed by atoms with Gasteiger partial charge in [0.1, 0.15) is 0 Å². The van der Waals surface area contributed by atoms with Gasteiger partial charge >= 0.3 is 5.97 Å². The fourth-order valence-corrected chi connectivity index (χ4v) is 1.83. The molecule has 0 bridgehead atoms. The first-order valence-electron chi connectivity index (χ1n) is 5.14. The summed E-state index contributed by atoms with van der Waals surface area (Å²) >= 11 is 11.9. The Morgan fingerprint density at radius 1 is 1.31 bits per heavy atom. The van der Waals surface area contributed by atoms with Crippen LogP contribution in [0.3, 0.4) is 0 Å². The Hall–Kier alpha value is -0.730. The minimum Gasteiger partial charge on any atom is -0.469 e. The van der Waals surface area contributed by atoms with E-state index in [-0.39, 0.29) is 5.97 Å². The molecule has 4 heteroatoms. The van der Waals surface area contributed by atoms with E-state index in [1.165, 1.54) is 7.11 Å². The molecular formula is C12H14Cl2O2. The van der Waals surface area contributed by atoms with E-state index in [4.69, 9.17) is 23.2 Å². The number of carbonyl (C=O) groups excluding carboxylic acids is 1. The summed E-state index contributed by atoms with van der Waals surface area (Å²) in [4.78, 5) is 10.9. The molecule has 0 fully saturated rings. The van der Waals surface area contributed by atoms with Gasteiger partial charge in [0.15, 0.2) is 0 Å². The number of rotatable bonds is 5. The Bertz CT molecular complexity index is 364. The molecule has 1 aromatic carbocycles. The fraction of sp³-hybridized carbons (Fsp3) is 0.417. The highest BCUT2D eigenvalue weighted by molar-refractivity contribution is 6.33. The average molecular weight is 261 g/mol. The zero-order valence-corrected chi connectivity index (χ0v) is 10.6. The van der Waals surface area contributed by atoms with E-state index in [1.54, 1.807) is 12.1 Å². The molecular weight excluding hydrogens is 247 g/mol. The van der Waals surface area contributed by atoms with E-state index in [9.17, 15) is 4.79 Å². The monoisotopic (exact) mass is 260 g/mol. The van der Waals surface area contributed by atoms with Crippen LogP contribution in [0.15, 0.2) is 18.2 Å². The summed E-state index contributed by atoms with van der Waals surface area (Å²) in [7, 11) is 1.40. The number of methoxy groups -OCH3 is 1. The van der Waals surface area contributed by atoms with E-state index in [0.29, 0.717) is 11.4 Å². The SMILES string of the molecule is COC(=O)CCCCc1cc(Cl)ccc1Cl. The smallest absolute Gasteiger partial charge is 0.305 e. The Kier molecular flexibility index (Phi) is 5.64. The largest absolute Gasteiger partial charge is 0.469 e. The van der Waals surface area contributed by atoms with Crippen LogP contribution >= 0.6 is 23.2 Å². The van der Waals surface area contributed by atoms with Crippen molar-refractivity contribution in [3.05, 3.63) is 33.8 Å². The molecule has 0 heterocycles. The summed E-state index contributed by atoms with van der Waals surface area (Å²) in [5.74, 6) is -0.169. The van der Waals surface area contributed by atoms with Gasteiger partial charge in [-0.1, -0.05) is 23.2 Å². The van der Waals surface area contributed by atoms with Gasteiger partial charge in [-0.3, -0.25) is 4.79 Å². The van der Waals surface area contributed by atoms with Crippen molar-refractivity contribution in [3.63, 3.8) is 0 Å². The van der Waals surface area contributed by atoms with Crippen LogP contribution in [-0.4, -0.2) is 13.1 Å². The molecule has 0 aliphatic carbocycles. The van der Waals surface area contributed by atoms with E-state index in [0.717, 1.165) is 29.8 Å². The number of unbranched alkanes of at least 4 members (excludes halogenated alkanes) is 1. The van der Waals surface area contributed by atoms with Crippen LogP contribution in [0.1, 0.15) is 24.8 Å². The van der Waals surface area contributed by atoms with Crippen LogP contribution in [0.2, 0.25) is 10.0 Å². The molecule has 0 aliphatic rings. The molecule has 0 unspecified atom stereocenters. The second kappa shape index (κ2) is 6.77. The van der Waals surface area contributed by atoms with E-state index >= 15 is 0 Å². The van der Waals surface area contributed by atoms with Crippen molar-refractivity contribution in [3.8, 4) is 0 Å². The third-order valence-electron chi connectivity index (χ3n) is 2.31. The number of carbonyl (C=O) groups is 1. The van der Waals surface area contributed by atoms with Gasteiger partial charge in [-0.25, -0.2) is 0 Å². The molecule has 0 saturated heterocycles. The van der Waals surface area contributed by atoms with Gasteiger partial charge in [0.25, 0.3) is 0 Å². The average Bonchev–Trinajstić information content (AvgIpc) is 2.28.